The predicted octanol–water partition coefficient (Wildman–Crippen LogP) is 2.09. The van der Waals surface area contributed by atoms with Crippen LogP contribution in [0.1, 0.15) is 24.5 Å². The van der Waals surface area contributed by atoms with E-state index in [9.17, 15) is 8.42 Å². The molecule has 0 bridgehead atoms. The summed E-state index contributed by atoms with van der Waals surface area (Å²) in [6, 6.07) is 3.61. The molecular weight excluding hydrogens is 324 g/mol. The van der Waals surface area contributed by atoms with E-state index in [1.807, 2.05) is 26.8 Å². The summed E-state index contributed by atoms with van der Waals surface area (Å²) in [5.41, 5.74) is 7.64. The van der Waals surface area contributed by atoms with Crippen molar-refractivity contribution >= 4 is 22.4 Å². The number of methoxy groups -OCH3 is 1. The Morgan fingerprint density at radius 2 is 2.00 bits per heavy atom. The fourth-order valence-corrected chi connectivity index (χ4v) is 4.73. The average Bonchev–Trinajstić information content (AvgIpc) is 2.88. The second kappa shape index (κ2) is 7.17. The molecule has 22 heavy (non-hydrogen) atoms. The molecule has 5 nitrogen and oxygen atoms in total. The summed E-state index contributed by atoms with van der Waals surface area (Å²) in [6.07, 6.45) is 0.810. The number of sulfonamides is 1. The van der Waals surface area contributed by atoms with E-state index >= 15 is 0 Å². The van der Waals surface area contributed by atoms with E-state index < -0.39 is 10.0 Å². The minimum atomic E-state index is -3.54. The Bertz CT molecular complexity index is 632. The molecule has 2 rings (SSSR count). The summed E-state index contributed by atoms with van der Waals surface area (Å²) >= 11 is 0. The molecule has 1 aliphatic heterocycles. The molecule has 1 saturated heterocycles. The average molecular weight is 349 g/mol. The lowest BCUT2D eigenvalue weighted by molar-refractivity contribution is 0.392. The molecule has 7 heteroatoms. The smallest absolute Gasteiger partial charge is 0.246 e. The van der Waals surface area contributed by atoms with E-state index in [0.29, 0.717) is 18.8 Å². The zero-order valence-electron chi connectivity index (χ0n) is 13.5. The monoisotopic (exact) mass is 348 g/mol. The third-order valence-electron chi connectivity index (χ3n) is 4.14. The molecule has 0 radical (unpaired) electrons. The highest BCUT2D eigenvalue weighted by molar-refractivity contribution is 7.89. The summed E-state index contributed by atoms with van der Waals surface area (Å²) in [5, 5.41) is 0. The Hall–Kier alpha value is -0.820. The molecule has 0 aliphatic carbocycles. The Morgan fingerprint density at radius 3 is 2.50 bits per heavy atom. The maximum Gasteiger partial charge on any atom is 0.246 e. The zero-order valence-corrected chi connectivity index (χ0v) is 15.1. The highest BCUT2D eigenvalue weighted by atomic mass is 35.5. The number of halogens is 1. The number of rotatable bonds is 4. The topological polar surface area (TPSA) is 72.6 Å². The van der Waals surface area contributed by atoms with Gasteiger partial charge in [-0.1, -0.05) is 6.07 Å². The molecule has 1 aliphatic rings. The lowest BCUT2D eigenvalue weighted by atomic mass is 10.0. The second-order valence-electron chi connectivity index (χ2n) is 5.88. The zero-order chi connectivity index (χ0) is 15.8. The van der Waals surface area contributed by atoms with Gasteiger partial charge in [0.2, 0.25) is 10.0 Å². The molecule has 0 amide bonds. The van der Waals surface area contributed by atoms with Gasteiger partial charge in [0.25, 0.3) is 0 Å². The van der Waals surface area contributed by atoms with Crippen LogP contribution in [-0.2, 0) is 10.0 Å². The minimum absolute atomic E-state index is 0. The van der Waals surface area contributed by atoms with Crippen molar-refractivity contribution in [2.24, 2.45) is 11.7 Å². The number of benzene rings is 1. The van der Waals surface area contributed by atoms with E-state index in [0.717, 1.165) is 17.5 Å². The Morgan fingerprint density at radius 1 is 1.36 bits per heavy atom. The summed E-state index contributed by atoms with van der Waals surface area (Å²) in [4.78, 5) is 0.257. The highest BCUT2D eigenvalue weighted by Gasteiger charge is 2.35. The first kappa shape index (κ1) is 19.2. The van der Waals surface area contributed by atoms with Gasteiger partial charge in [-0.25, -0.2) is 8.42 Å². The van der Waals surface area contributed by atoms with Gasteiger partial charge in [0.05, 0.1) is 7.11 Å². The van der Waals surface area contributed by atoms with Gasteiger partial charge in [-0.05, 0) is 50.3 Å². The van der Waals surface area contributed by atoms with Crippen LogP contribution in [0.4, 0.5) is 0 Å². The van der Waals surface area contributed by atoms with Crippen molar-refractivity contribution in [2.45, 2.75) is 38.1 Å². The molecule has 2 atom stereocenters. The molecule has 1 aromatic carbocycles. The minimum Gasteiger partial charge on any atom is -0.495 e. The van der Waals surface area contributed by atoms with Crippen LogP contribution in [0.15, 0.2) is 17.0 Å². The molecule has 0 saturated carbocycles. The van der Waals surface area contributed by atoms with Crippen LogP contribution in [0.3, 0.4) is 0 Å². The van der Waals surface area contributed by atoms with Crippen molar-refractivity contribution < 1.29 is 13.2 Å². The molecule has 1 aromatic rings. The van der Waals surface area contributed by atoms with Crippen molar-refractivity contribution in [3.63, 3.8) is 0 Å². The van der Waals surface area contributed by atoms with Gasteiger partial charge >= 0.3 is 0 Å². The van der Waals surface area contributed by atoms with Gasteiger partial charge < -0.3 is 10.5 Å². The fraction of sp³-hybridized carbons (Fsp3) is 0.600. The largest absolute Gasteiger partial charge is 0.495 e. The number of nitrogens with two attached hydrogens (primary N) is 1. The van der Waals surface area contributed by atoms with Crippen molar-refractivity contribution in [2.75, 3.05) is 20.2 Å². The molecule has 2 unspecified atom stereocenters. The van der Waals surface area contributed by atoms with Crippen LogP contribution >= 0.6 is 12.4 Å². The highest BCUT2D eigenvalue weighted by Crippen LogP contribution is 2.33. The molecule has 1 heterocycles. The number of nitrogens with zero attached hydrogens (tertiary/aromatic N) is 1. The first-order chi connectivity index (χ1) is 9.77. The molecule has 126 valence electrons. The van der Waals surface area contributed by atoms with Crippen molar-refractivity contribution in [1.82, 2.24) is 4.31 Å². The molecular formula is C15H25ClN2O3S. The third kappa shape index (κ3) is 3.56. The van der Waals surface area contributed by atoms with E-state index in [2.05, 4.69) is 0 Å². The van der Waals surface area contributed by atoms with E-state index in [1.54, 1.807) is 6.07 Å². The Kier molecular flexibility index (Phi) is 6.27. The van der Waals surface area contributed by atoms with E-state index in [-0.39, 0.29) is 29.3 Å². The van der Waals surface area contributed by atoms with E-state index in [4.69, 9.17) is 10.5 Å². The van der Waals surface area contributed by atoms with Crippen molar-refractivity contribution in [3.05, 3.63) is 23.3 Å². The normalized spacial score (nSPS) is 20.5. The maximum atomic E-state index is 12.9. The first-order valence-electron chi connectivity index (χ1n) is 7.18. The number of hydrogen-bond acceptors (Lipinski definition) is 4. The van der Waals surface area contributed by atoms with Crippen LogP contribution in [-0.4, -0.2) is 39.0 Å². The van der Waals surface area contributed by atoms with Crippen LogP contribution in [0.2, 0.25) is 0 Å². The number of ether oxygens (including phenoxy) is 1. The third-order valence-corrected chi connectivity index (χ3v) is 6.01. The van der Waals surface area contributed by atoms with Gasteiger partial charge in [0.1, 0.15) is 10.6 Å². The van der Waals surface area contributed by atoms with Gasteiger partial charge in [-0.2, -0.15) is 4.31 Å². The fourth-order valence-electron chi connectivity index (χ4n) is 2.91. The maximum absolute atomic E-state index is 12.9. The molecule has 1 fully saturated rings. The van der Waals surface area contributed by atoms with Gasteiger partial charge in [0.15, 0.2) is 0 Å². The first-order valence-corrected chi connectivity index (χ1v) is 8.62. The Labute approximate surface area is 139 Å². The van der Waals surface area contributed by atoms with Crippen LogP contribution < -0.4 is 10.5 Å². The standard InChI is InChI=1S/C15H24N2O3S.ClH/c1-10-7-11(2)15(20-4)14(8-10)21(18,19)17-6-5-13(9-17)12(3)16;/h7-8,12-13H,5-6,9,16H2,1-4H3;1H. The van der Waals surface area contributed by atoms with Crippen LogP contribution in [0.25, 0.3) is 0 Å². The summed E-state index contributed by atoms with van der Waals surface area (Å²) in [6.45, 7) is 6.68. The van der Waals surface area contributed by atoms with Gasteiger partial charge in [-0.15, -0.1) is 12.4 Å². The van der Waals surface area contributed by atoms with Crippen LogP contribution in [0, 0.1) is 19.8 Å². The van der Waals surface area contributed by atoms with Gasteiger partial charge in [-0.3, -0.25) is 0 Å². The van der Waals surface area contributed by atoms with Crippen molar-refractivity contribution in [3.8, 4) is 5.75 Å². The lowest BCUT2D eigenvalue weighted by Crippen LogP contribution is -2.33. The summed E-state index contributed by atoms with van der Waals surface area (Å²) in [7, 11) is -2.03. The SMILES string of the molecule is COc1c(C)cc(C)cc1S(=O)(=O)N1CCC(C(C)N)C1.Cl. The summed E-state index contributed by atoms with van der Waals surface area (Å²) in [5.74, 6) is 0.654. The number of aryl methyl sites for hydroxylation is 2. The second-order valence-corrected chi connectivity index (χ2v) is 7.79. The van der Waals surface area contributed by atoms with Crippen molar-refractivity contribution in [1.29, 1.82) is 0 Å². The predicted molar refractivity (Wildman–Crippen MR) is 90.2 cm³/mol. The van der Waals surface area contributed by atoms with E-state index in [1.165, 1.54) is 11.4 Å². The number of hydrogen-bond donors (Lipinski definition) is 1. The molecule has 0 spiro atoms. The Balaban J connectivity index is 0.00000242. The van der Waals surface area contributed by atoms with Gasteiger partial charge in [0, 0.05) is 19.1 Å². The molecule has 2 N–H and O–H groups in total. The summed E-state index contributed by atoms with van der Waals surface area (Å²) < 4.78 is 32.6. The van der Waals surface area contributed by atoms with Crippen LogP contribution in [0.5, 0.6) is 5.75 Å². The quantitative estimate of drug-likeness (QED) is 0.904. The lowest BCUT2D eigenvalue weighted by Gasteiger charge is -2.20. The molecule has 0 aromatic heterocycles.